The molecule has 24 heavy (non-hydrogen) atoms. The first-order chi connectivity index (χ1) is 11.7. The third-order valence-corrected chi connectivity index (χ3v) is 4.20. The lowest BCUT2D eigenvalue weighted by Gasteiger charge is -2.05. The van der Waals surface area contributed by atoms with Crippen LogP contribution in [-0.4, -0.2) is 32.6 Å². The van der Waals surface area contributed by atoms with Gasteiger partial charge in [0.05, 0.1) is 5.75 Å². The van der Waals surface area contributed by atoms with Gasteiger partial charge in [0.1, 0.15) is 6.33 Å². The van der Waals surface area contributed by atoms with E-state index in [0.29, 0.717) is 16.9 Å². The Kier molecular flexibility index (Phi) is 5.02. The Morgan fingerprint density at radius 1 is 1.04 bits per heavy atom. The summed E-state index contributed by atoms with van der Waals surface area (Å²) in [7, 11) is 0. The van der Waals surface area contributed by atoms with E-state index in [1.54, 1.807) is 30.3 Å². The van der Waals surface area contributed by atoms with E-state index in [4.69, 9.17) is 0 Å². The van der Waals surface area contributed by atoms with Crippen LogP contribution in [0.15, 0.2) is 65.8 Å². The van der Waals surface area contributed by atoms with Crippen LogP contribution >= 0.6 is 11.8 Å². The van der Waals surface area contributed by atoms with Crippen molar-refractivity contribution in [2.75, 3.05) is 11.1 Å². The number of hydrogen-bond donors (Lipinski definition) is 2. The zero-order chi connectivity index (χ0) is 16.8. The Hall–Kier alpha value is -2.93. The van der Waals surface area contributed by atoms with Crippen LogP contribution in [0.25, 0.3) is 0 Å². The van der Waals surface area contributed by atoms with Crippen LogP contribution < -0.4 is 5.32 Å². The molecule has 0 aliphatic carbocycles. The average molecular weight is 338 g/mol. The lowest BCUT2D eigenvalue weighted by molar-refractivity contribution is 0.101. The Bertz CT molecular complexity index is 835. The minimum absolute atomic E-state index is 0.0529. The van der Waals surface area contributed by atoms with Crippen LogP contribution in [0.2, 0.25) is 0 Å². The number of Topliss-reactive ketones (excluding diaryl/α,β-unsaturated/α-hetero) is 1. The quantitative estimate of drug-likeness (QED) is 0.533. The number of carbonyl (C=O) groups is 2. The van der Waals surface area contributed by atoms with Gasteiger partial charge in [-0.1, -0.05) is 36.4 Å². The second-order valence-corrected chi connectivity index (χ2v) is 5.94. The van der Waals surface area contributed by atoms with Crippen molar-refractivity contribution >= 4 is 29.4 Å². The number of anilines is 1. The molecule has 0 saturated heterocycles. The molecule has 1 amide bonds. The third-order valence-electron chi connectivity index (χ3n) is 3.21. The molecule has 7 heteroatoms. The van der Waals surface area contributed by atoms with Crippen molar-refractivity contribution in [3.8, 4) is 0 Å². The van der Waals surface area contributed by atoms with Crippen molar-refractivity contribution in [2.24, 2.45) is 0 Å². The van der Waals surface area contributed by atoms with Gasteiger partial charge in [-0.3, -0.25) is 14.9 Å². The molecule has 2 aromatic carbocycles. The molecular formula is C17H14N4O2S. The first-order valence-electron chi connectivity index (χ1n) is 7.20. The Morgan fingerprint density at radius 2 is 1.83 bits per heavy atom. The summed E-state index contributed by atoms with van der Waals surface area (Å²) in [6, 6.07) is 16.2. The molecule has 120 valence electrons. The molecule has 0 saturated carbocycles. The molecule has 6 nitrogen and oxygen atoms in total. The second-order valence-electron chi connectivity index (χ2n) is 4.89. The number of thioether (sulfide) groups is 1. The number of benzene rings is 2. The van der Waals surface area contributed by atoms with Crippen LogP contribution in [0, 0.1) is 0 Å². The van der Waals surface area contributed by atoms with Crippen LogP contribution in [0.3, 0.4) is 0 Å². The van der Waals surface area contributed by atoms with Crippen molar-refractivity contribution in [2.45, 2.75) is 4.90 Å². The molecule has 0 atom stereocenters. The van der Waals surface area contributed by atoms with Gasteiger partial charge in [0.2, 0.25) is 5.95 Å². The van der Waals surface area contributed by atoms with E-state index in [9.17, 15) is 9.59 Å². The maximum Gasteiger partial charge on any atom is 0.258 e. The van der Waals surface area contributed by atoms with Crippen LogP contribution in [0.1, 0.15) is 20.7 Å². The van der Waals surface area contributed by atoms with Crippen LogP contribution in [0.4, 0.5) is 5.95 Å². The molecule has 0 radical (unpaired) electrons. The zero-order valence-electron chi connectivity index (χ0n) is 12.6. The van der Waals surface area contributed by atoms with E-state index in [-0.39, 0.29) is 17.6 Å². The smallest absolute Gasteiger partial charge is 0.258 e. The van der Waals surface area contributed by atoms with Crippen molar-refractivity contribution in [1.29, 1.82) is 0 Å². The highest BCUT2D eigenvalue weighted by Gasteiger charge is 2.10. The number of carbonyl (C=O) groups excluding carboxylic acids is 2. The van der Waals surface area contributed by atoms with Crippen molar-refractivity contribution in [3.63, 3.8) is 0 Å². The molecule has 0 spiro atoms. The molecule has 0 bridgehead atoms. The minimum Gasteiger partial charge on any atom is -0.293 e. The SMILES string of the molecule is O=C(CSc1cccc(C(=O)Nc2ncn[nH]2)c1)c1ccccc1. The Balaban J connectivity index is 1.63. The molecule has 2 N–H and O–H groups in total. The molecule has 0 fully saturated rings. The monoisotopic (exact) mass is 338 g/mol. The first kappa shape index (κ1) is 15.9. The topological polar surface area (TPSA) is 87.7 Å². The highest BCUT2D eigenvalue weighted by atomic mass is 32.2. The fourth-order valence-electron chi connectivity index (χ4n) is 2.03. The number of aromatic nitrogens is 3. The van der Waals surface area contributed by atoms with Gasteiger partial charge in [-0.05, 0) is 18.2 Å². The standard InChI is InChI=1S/C17H14N4O2S/c22-15(12-5-2-1-3-6-12)10-24-14-8-4-7-13(9-14)16(23)20-17-18-11-19-21-17/h1-9,11H,10H2,(H2,18,19,20,21,23). The number of rotatable bonds is 6. The van der Waals surface area contributed by atoms with E-state index in [1.165, 1.54) is 18.1 Å². The van der Waals surface area contributed by atoms with Gasteiger partial charge in [-0.25, -0.2) is 5.10 Å². The van der Waals surface area contributed by atoms with Gasteiger partial charge in [0.25, 0.3) is 5.91 Å². The molecule has 0 aliphatic rings. The van der Waals surface area contributed by atoms with E-state index < -0.39 is 0 Å². The number of ketones is 1. The van der Waals surface area contributed by atoms with Crippen molar-refractivity contribution < 1.29 is 9.59 Å². The van der Waals surface area contributed by atoms with Gasteiger partial charge >= 0.3 is 0 Å². The lowest BCUT2D eigenvalue weighted by Crippen LogP contribution is -2.13. The summed E-state index contributed by atoms with van der Waals surface area (Å²) in [6.45, 7) is 0. The number of H-pyrrole nitrogens is 1. The summed E-state index contributed by atoms with van der Waals surface area (Å²) in [5.41, 5.74) is 1.17. The summed E-state index contributed by atoms with van der Waals surface area (Å²) in [5.74, 6) is 0.370. The third kappa shape index (κ3) is 4.08. The maximum atomic E-state index is 12.1. The summed E-state index contributed by atoms with van der Waals surface area (Å²) < 4.78 is 0. The predicted molar refractivity (Wildman–Crippen MR) is 92.3 cm³/mol. The van der Waals surface area contributed by atoms with Gasteiger partial charge in [-0.15, -0.1) is 11.8 Å². The number of nitrogens with one attached hydrogen (secondary N) is 2. The first-order valence-corrected chi connectivity index (χ1v) is 8.19. The summed E-state index contributed by atoms with van der Waals surface area (Å²) >= 11 is 1.40. The largest absolute Gasteiger partial charge is 0.293 e. The van der Waals surface area contributed by atoms with Crippen molar-refractivity contribution in [1.82, 2.24) is 15.2 Å². The fourth-order valence-corrected chi connectivity index (χ4v) is 2.88. The van der Waals surface area contributed by atoms with Gasteiger partial charge in [0.15, 0.2) is 5.78 Å². The average Bonchev–Trinajstić information content (AvgIpc) is 3.13. The molecule has 1 heterocycles. The minimum atomic E-state index is -0.288. The van der Waals surface area contributed by atoms with Gasteiger partial charge in [0, 0.05) is 16.0 Å². The number of amides is 1. The number of hydrogen-bond acceptors (Lipinski definition) is 5. The second kappa shape index (κ2) is 7.56. The van der Waals surface area contributed by atoms with E-state index in [0.717, 1.165) is 4.90 Å². The normalized spacial score (nSPS) is 10.3. The summed E-state index contributed by atoms with van der Waals surface area (Å²) in [4.78, 5) is 29.0. The fraction of sp³-hybridized carbons (Fsp3) is 0.0588. The van der Waals surface area contributed by atoms with E-state index >= 15 is 0 Å². The zero-order valence-corrected chi connectivity index (χ0v) is 13.4. The number of aromatic amines is 1. The number of nitrogens with zero attached hydrogens (tertiary/aromatic N) is 2. The molecule has 3 rings (SSSR count). The Morgan fingerprint density at radius 3 is 2.58 bits per heavy atom. The molecule has 1 aromatic heterocycles. The predicted octanol–water partition coefficient (Wildman–Crippen LogP) is 3.03. The van der Waals surface area contributed by atoms with Crippen LogP contribution in [0.5, 0.6) is 0 Å². The lowest BCUT2D eigenvalue weighted by atomic mass is 10.2. The van der Waals surface area contributed by atoms with Crippen LogP contribution in [-0.2, 0) is 0 Å². The van der Waals surface area contributed by atoms with E-state index in [2.05, 4.69) is 20.5 Å². The summed E-state index contributed by atoms with van der Waals surface area (Å²) in [5, 5.41) is 8.85. The molecule has 0 unspecified atom stereocenters. The molecule has 0 aliphatic heterocycles. The molecular weight excluding hydrogens is 324 g/mol. The molecule has 3 aromatic rings. The Labute approximate surface area is 142 Å². The van der Waals surface area contributed by atoms with E-state index in [1.807, 2.05) is 24.3 Å². The van der Waals surface area contributed by atoms with Gasteiger partial charge in [-0.2, -0.15) is 10.1 Å². The summed E-state index contributed by atoms with van der Waals surface area (Å²) in [6.07, 6.45) is 1.32. The highest BCUT2D eigenvalue weighted by Crippen LogP contribution is 2.21. The maximum absolute atomic E-state index is 12.1. The van der Waals surface area contributed by atoms with Gasteiger partial charge < -0.3 is 0 Å². The highest BCUT2D eigenvalue weighted by molar-refractivity contribution is 8.00. The van der Waals surface area contributed by atoms with Crippen molar-refractivity contribution in [3.05, 3.63) is 72.1 Å².